The number of ether oxygens (including phenoxy) is 1. The number of hydrogen-bond donors (Lipinski definition) is 1. The molecule has 2 nitrogen and oxygen atoms in total. The molecule has 0 aliphatic rings. The molecule has 0 atom stereocenters. The number of anilines is 1. The highest BCUT2D eigenvalue weighted by Gasteiger charge is 2.19. The first kappa shape index (κ1) is 14.4. The summed E-state index contributed by atoms with van der Waals surface area (Å²) in [7, 11) is 0. The molecule has 0 saturated carbocycles. The van der Waals surface area contributed by atoms with Crippen molar-refractivity contribution in [3.8, 4) is 11.5 Å². The number of benzene rings is 2. The van der Waals surface area contributed by atoms with Gasteiger partial charge in [0.2, 0.25) is 0 Å². The van der Waals surface area contributed by atoms with Gasteiger partial charge in [0.25, 0.3) is 0 Å². The second-order valence-corrected chi connectivity index (χ2v) is 6.37. The molecule has 0 spiro atoms. The fraction of sp³-hybridized carbons (Fsp3) is 0.333. The van der Waals surface area contributed by atoms with E-state index in [9.17, 15) is 0 Å². The van der Waals surface area contributed by atoms with Crippen LogP contribution in [0.25, 0.3) is 0 Å². The standard InChI is InChI=1S/C18H23NO/c1-12-6-9-17(15(10-12)18(3,4)5)20-14-7-8-16(19)13(2)11-14/h6-11H,19H2,1-5H3. The number of hydrogen-bond acceptors (Lipinski definition) is 2. The first-order valence-corrected chi connectivity index (χ1v) is 6.92. The lowest BCUT2D eigenvalue weighted by Crippen LogP contribution is -2.12. The van der Waals surface area contributed by atoms with Gasteiger partial charge in [0, 0.05) is 11.3 Å². The molecule has 2 aromatic carbocycles. The Kier molecular flexibility index (Phi) is 3.76. The van der Waals surface area contributed by atoms with Crippen molar-refractivity contribution in [3.05, 3.63) is 53.1 Å². The molecule has 2 rings (SSSR count). The topological polar surface area (TPSA) is 35.2 Å². The van der Waals surface area contributed by atoms with Gasteiger partial charge in [-0.15, -0.1) is 0 Å². The molecule has 2 N–H and O–H groups in total. The molecule has 20 heavy (non-hydrogen) atoms. The van der Waals surface area contributed by atoms with E-state index < -0.39 is 0 Å². The lowest BCUT2D eigenvalue weighted by molar-refractivity contribution is 0.455. The van der Waals surface area contributed by atoms with Crippen molar-refractivity contribution in [1.29, 1.82) is 0 Å². The van der Waals surface area contributed by atoms with Crippen molar-refractivity contribution in [3.63, 3.8) is 0 Å². The second kappa shape index (κ2) is 5.20. The van der Waals surface area contributed by atoms with Crippen LogP contribution in [0.15, 0.2) is 36.4 Å². The quantitative estimate of drug-likeness (QED) is 0.781. The lowest BCUT2D eigenvalue weighted by Gasteiger charge is -2.23. The van der Waals surface area contributed by atoms with Crippen molar-refractivity contribution in [2.24, 2.45) is 0 Å². The maximum Gasteiger partial charge on any atom is 0.131 e. The van der Waals surface area contributed by atoms with Gasteiger partial charge in [-0.1, -0.05) is 38.5 Å². The SMILES string of the molecule is Cc1ccc(Oc2ccc(N)c(C)c2)c(C(C)(C)C)c1. The van der Waals surface area contributed by atoms with E-state index in [1.165, 1.54) is 11.1 Å². The molecule has 0 fully saturated rings. The molecule has 0 aromatic heterocycles. The van der Waals surface area contributed by atoms with E-state index in [1.54, 1.807) is 0 Å². The van der Waals surface area contributed by atoms with Gasteiger partial charge in [-0.25, -0.2) is 0 Å². The zero-order valence-corrected chi connectivity index (χ0v) is 12.9. The highest BCUT2D eigenvalue weighted by Crippen LogP contribution is 2.35. The number of rotatable bonds is 2. The van der Waals surface area contributed by atoms with E-state index in [1.807, 2.05) is 31.2 Å². The van der Waals surface area contributed by atoms with Gasteiger partial charge in [0.05, 0.1) is 0 Å². The third-order valence-corrected chi connectivity index (χ3v) is 3.41. The van der Waals surface area contributed by atoms with Gasteiger partial charge in [0.15, 0.2) is 0 Å². The largest absolute Gasteiger partial charge is 0.457 e. The van der Waals surface area contributed by atoms with Gasteiger partial charge in [-0.2, -0.15) is 0 Å². The van der Waals surface area contributed by atoms with E-state index >= 15 is 0 Å². The van der Waals surface area contributed by atoms with Crippen LogP contribution in [0.2, 0.25) is 0 Å². The normalized spacial score (nSPS) is 11.4. The summed E-state index contributed by atoms with van der Waals surface area (Å²) < 4.78 is 6.07. The Labute approximate surface area is 121 Å². The van der Waals surface area contributed by atoms with Crippen LogP contribution in [-0.4, -0.2) is 0 Å². The third kappa shape index (κ3) is 3.13. The Bertz CT molecular complexity index is 624. The Morgan fingerprint density at radius 1 is 0.950 bits per heavy atom. The van der Waals surface area contributed by atoms with E-state index in [2.05, 4.69) is 39.8 Å². The smallest absolute Gasteiger partial charge is 0.131 e. The van der Waals surface area contributed by atoms with Crippen molar-refractivity contribution in [2.45, 2.75) is 40.0 Å². The molecule has 0 saturated heterocycles. The van der Waals surface area contributed by atoms with Crippen LogP contribution >= 0.6 is 0 Å². The highest BCUT2D eigenvalue weighted by atomic mass is 16.5. The zero-order chi connectivity index (χ0) is 14.9. The van der Waals surface area contributed by atoms with Crippen molar-refractivity contribution in [1.82, 2.24) is 0 Å². The van der Waals surface area contributed by atoms with Gasteiger partial charge in [-0.05, 0) is 49.1 Å². The predicted octanol–water partition coefficient (Wildman–Crippen LogP) is 4.98. The molecular formula is C18H23NO. The second-order valence-electron chi connectivity index (χ2n) is 6.37. The zero-order valence-electron chi connectivity index (χ0n) is 12.9. The van der Waals surface area contributed by atoms with Crippen molar-refractivity contribution < 1.29 is 4.74 Å². The van der Waals surface area contributed by atoms with Gasteiger partial charge >= 0.3 is 0 Å². The Morgan fingerprint density at radius 3 is 2.25 bits per heavy atom. The summed E-state index contributed by atoms with van der Waals surface area (Å²) in [5.74, 6) is 1.73. The van der Waals surface area contributed by atoms with E-state index in [4.69, 9.17) is 10.5 Å². The van der Waals surface area contributed by atoms with Crippen molar-refractivity contribution in [2.75, 3.05) is 5.73 Å². The third-order valence-electron chi connectivity index (χ3n) is 3.41. The average Bonchev–Trinajstić information content (AvgIpc) is 2.35. The molecule has 0 aliphatic heterocycles. The Balaban J connectivity index is 2.40. The molecule has 106 valence electrons. The first-order valence-electron chi connectivity index (χ1n) is 6.92. The Morgan fingerprint density at radius 2 is 1.65 bits per heavy atom. The number of nitrogen functional groups attached to an aromatic ring is 1. The fourth-order valence-electron chi connectivity index (χ4n) is 2.16. The minimum atomic E-state index is 0.0458. The minimum absolute atomic E-state index is 0.0458. The maximum atomic E-state index is 6.07. The summed E-state index contributed by atoms with van der Waals surface area (Å²) in [6, 6.07) is 12.1. The first-order chi connectivity index (χ1) is 9.27. The van der Waals surface area contributed by atoms with E-state index in [0.29, 0.717) is 0 Å². The molecule has 0 unspecified atom stereocenters. The minimum Gasteiger partial charge on any atom is -0.457 e. The summed E-state index contributed by atoms with van der Waals surface area (Å²) in [5.41, 5.74) is 10.2. The summed E-state index contributed by atoms with van der Waals surface area (Å²) in [4.78, 5) is 0. The lowest BCUT2D eigenvalue weighted by atomic mass is 9.85. The summed E-state index contributed by atoms with van der Waals surface area (Å²) in [5, 5.41) is 0. The summed E-state index contributed by atoms with van der Waals surface area (Å²) >= 11 is 0. The molecule has 2 heteroatoms. The van der Waals surface area contributed by atoms with Gasteiger partial charge in [-0.3, -0.25) is 0 Å². The van der Waals surface area contributed by atoms with Crippen LogP contribution in [0, 0.1) is 13.8 Å². The van der Waals surface area contributed by atoms with Crippen LogP contribution in [0.5, 0.6) is 11.5 Å². The van der Waals surface area contributed by atoms with E-state index in [0.717, 1.165) is 22.7 Å². The average molecular weight is 269 g/mol. The van der Waals surface area contributed by atoms with E-state index in [-0.39, 0.29) is 5.41 Å². The van der Waals surface area contributed by atoms with Crippen LogP contribution < -0.4 is 10.5 Å². The van der Waals surface area contributed by atoms with Gasteiger partial charge < -0.3 is 10.5 Å². The highest BCUT2D eigenvalue weighted by molar-refractivity contribution is 5.51. The molecule has 0 radical (unpaired) electrons. The van der Waals surface area contributed by atoms with Gasteiger partial charge in [0.1, 0.15) is 11.5 Å². The molecule has 0 amide bonds. The molecular weight excluding hydrogens is 246 g/mol. The summed E-state index contributed by atoms with van der Waals surface area (Å²) in [6.07, 6.45) is 0. The molecule has 0 heterocycles. The van der Waals surface area contributed by atoms with Crippen LogP contribution in [0.4, 0.5) is 5.69 Å². The van der Waals surface area contributed by atoms with Crippen LogP contribution in [0.1, 0.15) is 37.5 Å². The maximum absolute atomic E-state index is 6.07. The van der Waals surface area contributed by atoms with Crippen LogP contribution in [-0.2, 0) is 5.41 Å². The monoisotopic (exact) mass is 269 g/mol. The number of aryl methyl sites for hydroxylation is 2. The van der Waals surface area contributed by atoms with Crippen LogP contribution in [0.3, 0.4) is 0 Å². The molecule has 0 aliphatic carbocycles. The van der Waals surface area contributed by atoms with Crippen molar-refractivity contribution >= 4 is 5.69 Å². The number of nitrogens with two attached hydrogens (primary N) is 1. The molecule has 2 aromatic rings. The Hall–Kier alpha value is -1.96. The fourth-order valence-corrected chi connectivity index (χ4v) is 2.16. The molecule has 0 bridgehead atoms. The predicted molar refractivity (Wildman–Crippen MR) is 85.5 cm³/mol. The summed E-state index contributed by atoms with van der Waals surface area (Å²) in [6.45, 7) is 10.7.